The summed E-state index contributed by atoms with van der Waals surface area (Å²) in [7, 11) is 0. The molecule has 0 bridgehead atoms. The third-order valence-electron chi connectivity index (χ3n) is 4.99. The van der Waals surface area contributed by atoms with Crippen LogP contribution in [-0.4, -0.2) is 43.5 Å². The van der Waals surface area contributed by atoms with Gasteiger partial charge in [-0.2, -0.15) is 0 Å². The van der Waals surface area contributed by atoms with E-state index in [1.807, 2.05) is 42.5 Å². The van der Waals surface area contributed by atoms with E-state index in [1.54, 1.807) is 0 Å². The Bertz CT molecular complexity index is 752. The number of hydrogen-bond acceptors (Lipinski definition) is 3. The molecule has 3 rings (SSSR count). The van der Waals surface area contributed by atoms with Crippen LogP contribution in [0.5, 0.6) is 0 Å². The van der Waals surface area contributed by atoms with Crippen LogP contribution in [0.2, 0.25) is 5.02 Å². The van der Waals surface area contributed by atoms with Crippen molar-refractivity contribution in [3.05, 3.63) is 58.6 Å². The molecule has 1 heterocycles. The Hall–Kier alpha value is -2.04. The molecular formula is C21H26ClN3O. The summed E-state index contributed by atoms with van der Waals surface area (Å²) in [6.45, 7) is 9.44. The molecular weight excluding hydrogens is 346 g/mol. The van der Waals surface area contributed by atoms with E-state index in [0.717, 1.165) is 50.5 Å². The fourth-order valence-electron chi connectivity index (χ4n) is 3.24. The highest BCUT2D eigenvalue weighted by atomic mass is 35.5. The first kappa shape index (κ1) is 18.7. The third-order valence-corrected chi connectivity index (χ3v) is 5.29. The summed E-state index contributed by atoms with van der Waals surface area (Å²) >= 11 is 6.50. The van der Waals surface area contributed by atoms with Gasteiger partial charge in [-0.3, -0.25) is 4.79 Å². The summed E-state index contributed by atoms with van der Waals surface area (Å²) in [6.07, 6.45) is 0.964. The number of nitrogens with zero attached hydrogens (tertiary/aromatic N) is 2. The lowest BCUT2D eigenvalue weighted by atomic mass is 10.1. The summed E-state index contributed by atoms with van der Waals surface area (Å²) in [5.74, 6) is -0.118. The first-order chi connectivity index (χ1) is 12.6. The third kappa shape index (κ3) is 4.37. The second-order valence-electron chi connectivity index (χ2n) is 6.59. The van der Waals surface area contributed by atoms with Gasteiger partial charge in [0.25, 0.3) is 5.91 Å². The number of anilines is 2. The van der Waals surface area contributed by atoms with Crippen LogP contribution in [0.25, 0.3) is 0 Å². The average Bonchev–Trinajstić information content (AvgIpc) is 2.68. The Morgan fingerprint density at radius 1 is 1.04 bits per heavy atom. The van der Waals surface area contributed by atoms with Crippen molar-refractivity contribution in [2.45, 2.75) is 20.3 Å². The van der Waals surface area contributed by atoms with Crippen LogP contribution >= 0.6 is 11.6 Å². The molecule has 4 nitrogen and oxygen atoms in total. The fraction of sp³-hybridized carbons (Fsp3) is 0.381. The van der Waals surface area contributed by atoms with Gasteiger partial charge in [-0.25, -0.2) is 0 Å². The van der Waals surface area contributed by atoms with Crippen LogP contribution in [0, 0.1) is 0 Å². The lowest BCUT2D eigenvalue weighted by Gasteiger charge is -2.36. The molecule has 2 aromatic carbocycles. The lowest BCUT2D eigenvalue weighted by molar-refractivity contribution is 0.102. The quantitative estimate of drug-likeness (QED) is 0.851. The highest BCUT2D eigenvalue weighted by Gasteiger charge is 2.18. The molecule has 26 heavy (non-hydrogen) atoms. The Labute approximate surface area is 160 Å². The van der Waals surface area contributed by atoms with Gasteiger partial charge in [-0.15, -0.1) is 0 Å². The molecule has 0 atom stereocenters. The van der Waals surface area contributed by atoms with Crippen molar-refractivity contribution in [2.75, 3.05) is 42.9 Å². The van der Waals surface area contributed by atoms with Crippen LogP contribution in [0.1, 0.15) is 29.8 Å². The first-order valence-electron chi connectivity index (χ1n) is 9.28. The molecule has 138 valence electrons. The van der Waals surface area contributed by atoms with Crippen molar-refractivity contribution in [3.8, 4) is 0 Å². The van der Waals surface area contributed by atoms with Crippen molar-refractivity contribution in [1.29, 1.82) is 0 Å². The van der Waals surface area contributed by atoms with E-state index in [0.29, 0.717) is 10.6 Å². The highest BCUT2D eigenvalue weighted by Crippen LogP contribution is 2.30. The van der Waals surface area contributed by atoms with E-state index in [1.165, 1.54) is 5.56 Å². The molecule has 1 fully saturated rings. The molecule has 0 saturated carbocycles. The number of rotatable bonds is 5. The van der Waals surface area contributed by atoms with E-state index >= 15 is 0 Å². The topological polar surface area (TPSA) is 35.6 Å². The number of halogens is 1. The fourth-order valence-corrected chi connectivity index (χ4v) is 3.54. The van der Waals surface area contributed by atoms with Crippen molar-refractivity contribution in [3.63, 3.8) is 0 Å². The number of nitrogens with one attached hydrogen (secondary N) is 1. The van der Waals surface area contributed by atoms with Crippen molar-refractivity contribution >= 4 is 28.9 Å². The van der Waals surface area contributed by atoms with Gasteiger partial charge in [-0.1, -0.05) is 37.6 Å². The largest absolute Gasteiger partial charge is 0.368 e. The summed E-state index contributed by atoms with van der Waals surface area (Å²) in [6, 6.07) is 13.4. The minimum absolute atomic E-state index is 0.118. The van der Waals surface area contributed by atoms with Crippen LogP contribution < -0.4 is 10.2 Å². The number of benzene rings is 2. The van der Waals surface area contributed by atoms with Crippen molar-refractivity contribution in [2.24, 2.45) is 0 Å². The summed E-state index contributed by atoms with van der Waals surface area (Å²) in [5, 5.41) is 3.61. The Morgan fingerprint density at radius 2 is 1.73 bits per heavy atom. The smallest absolute Gasteiger partial charge is 0.255 e. The zero-order chi connectivity index (χ0) is 18.5. The Kier molecular flexibility index (Phi) is 6.17. The van der Waals surface area contributed by atoms with Crippen molar-refractivity contribution < 1.29 is 4.79 Å². The Morgan fingerprint density at radius 3 is 2.31 bits per heavy atom. The van der Waals surface area contributed by atoms with E-state index in [-0.39, 0.29) is 5.91 Å². The predicted molar refractivity (Wildman–Crippen MR) is 110 cm³/mol. The summed E-state index contributed by atoms with van der Waals surface area (Å²) in [4.78, 5) is 17.2. The van der Waals surface area contributed by atoms with Gasteiger partial charge in [-0.05, 0) is 48.9 Å². The second kappa shape index (κ2) is 8.56. The molecule has 5 heteroatoms. The zero-order valence-corrected chi connectivity index (χ0v) is 16.2. The number of amides is 1. The lowest BCUT2D eigenvalue weighted by Crippen LogP contribution is -2.46. The number of likely N-dealkylation sites (N-methyl/N-ethyl adjacent to an activating group) is 1. The summed E-state index contributed by atoms with van der Waals surface area (Å²) in [5.41, 5.74) is 3.62. The molecule has 1 amide bonds. The van der Waals surface area contributed by atoms with Gasteiger partial charge >= 0.3 is 0 Å². The van der Waals surface area contributed by atoms with E-state index in [2.05, 4.69) is 29.0 Å². The van der Waals surface area contributed by atoms with Gasteiger partial charge in [0.15, 0.2) is 0 Å². The number of carbonyl (C=O) groups is 1. The van der Waals surface area contributed by atoms with Crippen molar-refractivity contribution in [1.82, 2.24) is 4.90 Å². The van der Waals surface area contributed by atoms with Crippen LogP contribution in [0.15, 0.2) is 42.5 Å². The Balaban J connectivity index is 1.66. The molecule has 0 aromatic heterocycles. The number of aryl methyl sites for hydroxylation is 1. The second-order valence-corrected chi connectivity index (χ2v) is 7.00. The molecule has 0 spiro atoms. The molecule has 0 radical (unpaired) electrons. The summed E-state index contributed by atoms with van der Waals surface area (Å²) < 4.78 is 0. The first-order valence-corrected chi connectivity index (χ1v) is 9.65. The number of piperazine rings is 1. The van der Waals surface area contributed by atoms with Gasteiger partial charge in [0.2, 0.25) is 0 Å². The van der Waals surface area contributed by atoms with Crippen LogP contribution in [0.3, 0.4) is 0 Å². The van der Waals surface area contributed by atoms with Gasteiger partial charge < -0.3 is 15.1 Å². The van der Waals surface area contributed by atoms with Crippen LogP contribution in [0.4, 0.5) is 11.4 Å². The molecule has 0 aliphatic carbocycles. The number of hydrogen-bond donors (Lipinski definition) is 1. The highest BCUT2D eigenvalue weighted by molar-refractivity contribution is 6.33. The van der Waals surface area contributed by atoms with Gasteiger partial charge in [0, 0.05) is 37.4 Å². The maximum atomic E-state index is 12.4. The van der Waals surface area contributed by atoms with Crippen LogP contribution in [-0.2, 0) is 6.42 Å². The predicted octanol–water partition coefficient (Wildman–Crippen LogP) is 4.30. The molecule has 1 saturated heterocycles. The van der Waals surface area contributed by atoms with Gasteiger partial charge in [0.1, 0.15) is 0 Å². The maximum Gasteiger partial charge on any atom is 0.255 e. The molecule has 1 aliphatic rings. The van der Waals surface area contributed by atoms with E-state index in [9.17, 15) is 4.79 Å². The van der Waals surface area contributed by atoms with E-state index in [4.69, 9.17) is 11.6 Å². The average molecular weight is 372 g/mol. The SMILES string of the molecule is CCc1ccc(C(=O)Nc2ccc(N3CCN(CC)CC3)c(Cl)c2)cc1. The maximum absolute atomic E-state index is 12.4. The molecule has 0 unspecified atom stereocenters. The normalized spacial score (nSPS) is 15.1. The zero-order valence-electron chi connectivity index (χ0n) is 15.5. The standard InChI is InChI=1S/C21H26ClN3O/c1-3-16-5-7-17(8-6-16)21(26)23-18-9-10-20(19(22)15-18)25-13-11-24(4-2)12-14-25/h5-10,15H,3-4,11-14H2,1-2H3,(H,23,26). The monoisotopic (exact) mass is 371 g/mol. The molecule has 1 aliphatic heterocycles. The van der Waals surface area contributed by atoms with Gasteiger partial charge in [0.05, 0.1) is 10.7 Å². The molecule has 1 N–H and O–H groups in total. The molecule has 2 aromatic rings. The number of carbonyl (C=O) groups excluding carboxylic acids is 1. The minimum atomic E-state index is -0.118. The minimum Gasteiger partial charge on any atom is -0.368 e. The van der Waals surface area contributed by atoms with E-state index < -0.39 is 0 Å².